The lowest BCUT2D eigenvalue weighted by molar-refractivity contribution is -0.137. The molecule has 0 amide bonds. The molecule has 0 unspecified atom stereocenters. The van der Waals surface area contributed by atoms with Crippen LogP contribution in [0.25, 0.3) is 0 Å². The fourth-order valence-corrected chi connectivity index (χ4v) is 1.70. The number of nitrogen functional groups attached to an aromatic ring is 1. The number of anilines is 2. The van der Waals surface area contributed by atoms with Crippen LogP contribution in [0, 0.1) is 6.92 Å². The Kier molecular flexibility index (Phi) is 3.83. The van der Waals surface area contributed by atoms with Gasteiger partial charge >= 0.3 is 6.18 Å². The highest BCUT2D eigenvalue weighted by molar-refractivity contribution is 5.47. The average molecular weight is 281 g/mol. The number of nitrogens with one attached hydrogen (secondary N) is 1. The zero-order valence-corrected chi connectivity index (χ0v) is 10.8. The highest BCUT2D eigenvalue weighted by Crippen LogP contribution is 2.31. The molecule has 1 aromatic heterocycles. The number of rotatable bonds is 3. The standard InChI is InChI=1S/C14H14F3N3/c1-9-2-4-10(5-3-9)8-19-13-7-11(14(15,16)17)6-12(18)20-13/h2-7H,8H2,1H3,(H3,18,19,20). The van der Waals surface area contributed by atoms with E-state index in [-0.39, 0.29) is 11.6 Å². The number of nitrogens with zero attached hydrogens (tertiary/aromatic N) is 1. The maximum absolute atomic E-state index is 12.6. The van der Waals surface area contributed by atoms with Gasteiger partial charge in [0.1, 0.15) is 11.6 Å². The second-order valence-corrected chi connectivity index (χ2v) is 4.50. The Bertz CT molecular complexity index is 592. The topological polar surface area (TPSA) is 50.9 Å². The summed E-state index contributed by atoms with van der Waals surface area (Å²) in [4.78, 5) is 3.85. The summed E-state index contributed by atoms with van der Waals surface area (Å²) in [5.74, 6) is -0.0517. The Labute approximate surface area is 114 Å². The molecule has 0 saturated heterocycles. The van der Waals surface area contributed by atoms with E-state index in [0.29, 0.717) is 6.54 Å². The Morgan fingerprint density at radius 2 is 1.80 bits per heavy atom. The van der Waals surface area contributed by atoms with Crippen LogP contribution in [0.1, 0.15) is 16.7 Å². The molecule has 1 heterocycles. The molecule has 0 spiro atoms. The van der Waals surface area contributed by atoms with Crippen LogP contribution in [-0.4, -0.2) is 4.98 Å². The largest absolute Gasteiger partial charge is 0.416 e. The van der Waals surface area contributed by atoms with Crippen molar-refractivity contribution in [1.82, 2.24) is 4.98 Å². The van der Waals surface area contributed by atoms with Crippen molar-refractivity contribution in [2.45, 2.75) is 19.6 Å². The lowest BCUT2D eigenvalue weighted by Crippen LogP contribution is -2.09. The summed E-state index contributed by atoms with van der Waals surface area (Å²) in [5.41, 5.74) is 6.66. The van der Waals surface area contributed by atoms with E-state index >= 15 is 0 Å². The predicted molar refractivity (Wildman–Crippen MR) is 72.2 cm³/mol. The van der Waals surface area contributed by atoms with Crippen molar-refractivity contribution in [2.24, 2.45) is 0 Å². The van der Waals surface area contributed by atoms with Gasteiger partial charge in [0.2, 0.25) is 0 Å². The van der Waals surface area contributed by atoms with Crippen LogP contribution in [0.3, 0.4) is 0 Å². The van der Waals surface area contributed by atoms with Crippen molar-refractivity contribution < 1.29 is 13.2 Å². The molecule has 0 aliphatic carbocycles. The van der Waals surface area contributed by atoms with Crippen LogP contribution < -0.4 is 11.1 Å². The Morgan fingerprint density at radius 1 is 1.15 bits per heavy atom. The summed E-state index contributed by atoms with van der Waals surface area (Å²) in [5, 5.41) is 2.84. The molecule has 0 bridgehead atoms. The summed E-state index contributed by atoms with van der Waals surface area (Å²) < 4.78 is 37.9. The van der Waals surface area contributed by atoms with Gasteiger partial charge in [-0.3, -0.25) is 0 Å². The van der Waals surface area contributed by atoms with Crippen molar-refractivity contribution >= 4 is 11.6 Å². The summed E-state index contributed by atoms with van der Waals surface area (Å²) in [6.07, 6.45) is -4.43. The van der Waals surface area contributed by atoms with Gasteiger partial charge in [-0.05, 0) is 24.6 Å². The van der Waals surface area contributed by atoms with Crippen molar-refractivity contribution in [2.75, 3.05) is 11.1 Å². The Balaban J connectivity index is 2.13. The number of pyridine rings is 1. The first-order valence-corrected chi connectivity index (χ1v) is 5.99. The van der Waals surface area contributed by atoms with Gasteiger partial charge in [-0.25, -0.2) is 4.98 Å². The number of alkyl halides is 3. The molecular weight excluding hydrogens is 267 g/mol. The second kappa shape index (κ2) is 5.40. The maximum Gasteiger partial charge on any atom is 0.416 e. The van der Waals surface area contributed by atoms with E-state index in [1.807, 2.05) is 31.2 Å². The van der Waals surface area contributed by atoms with Crippen LogP contribution in [-0.2, 0) is 12.7 Å². The number of hydrogen-bond acceptors (Lipinski definition) is 3. The number of halogens is 3. The van der Waals surface area contributed by atoms with Crippen LogP contribution in [0.15, 0.2) is 36.4 Å². The molecule has 3 nitrogen and oxygen atoms in total. The molecule has 0 atom stereocenters. The van der Waals surface area contributed by atoms with Crippen molar-refractivity contribution in [3.63, 3.8) is 0 Å². The summed E-state index contributed by atoms with van der Waals surface area (Å²) in [6.45, 7) is 2.35. The molecule has 20 heavy (non-hydrogen) atoms. The SMILES string of the molecule is Cc1ccc(CNc2cc(C(F)(F)F)cc(N)n2)cc1. The summed E-state index contributed by atoms with van der Waals surface area (Å²) in [6, 6.07) is 9.44. The fraction of sp³-hybridized carbons (Fsp3) is 0.214. The molecule has 6 heteroatoms. The third-order valence-electron chi connectivity index (χ3n) is 2.77. The van der Waals surface area contributed by atoms with Gasteiger partial charge in [0.25, 0.3) is 0 Å². The molecule has 3 N–H and O–H groups in total. The molecule has 0 aliphatic rings. The zero-order chi connectivity index (χ0) is 14.8. The highest BCUT2D eigenvalue weighted by Gasteiger charge is 2.31. The number of aryl methyl sites for hydroxylation is 1. The Morgan fingerprint density at radius 3 is 2.40 bits per heavy atom. The van der Waals surface area contributed by atoms with Crippen molar-refractivity contribution in [3.05, 3.63) is 53.1 Å². The molecule has 0 fully saturated rings. The minimum absolute atomic E-state index is 0.109. The number of hydrogen-bond donors (Lipinski definition) is 2. The van der Waals surface area contributed by atoms with Gasteiger partial charge in [0.15, 0.2) is 0 Å². The number of aromatic nitrogens is 1. The smallest absolute Gasteiger partial charge is 0.384 e. The minimum atomic E-state index is -4.43. The molecule has 106 valence electrons. The second-order valence-electron chi connectivity index (χ2n) is 4.50. The number of benzene rings is 1. The zero-order valence-electron chi connectivity index (χ0n) is 10.8. The lowest BCUT2D eigenvalue weighted by Gasteiger charge is -2.11. The van der Waals surface area contributed by atoms with E-state index < -0.39 is 11.7 Å². The van der Waals surface area contributed by atoms with Gasteiger partial charge in [-0.1, -0.05) is 29.8 Å². The van der Waals surface area contributed by atoms with E-state index in [0.717, 1.165) is 23.3 Å². The van der Waals surface area contributed by atoms with Gasteiger partial charge in [0.05, 0.1) is 5.56 Å². The van der Waals surface area contributed by atoms with Gasteiger partial charge < -0.3 is 11.1 Å². The molecule has 2 rings (SSSR count). The number of nitrogens with two attached hydrogens (primary N) is 1. The van der Waals surface area contributed by atoms with Crippen molar-refractivity contribution in [1.29, 1.82) is 0 Å². The van der Waals surface area contributed by atoms with Crippen LogP contribution in [0.5, 0.6) is 0 Å². The average Bonchev–Trinajstić information content (AvgIpc) is 2.36. The third-order valence-corrected chi connectivity index (χ3v) is 2.77. The molecule has 2 aromatic rings. The normalized spacial score (nSPS) is 11.4. The summed E-state index contributed by atoms with van der Waals surface area (Å²) >= 11 is 0. The van der Waals surface area contributed by atoms with Crippen LogP contribution in [0.2, 0.25) is 0 Å². The minimum Gasteiger partial charge on any atom is -0.384 e. The maximum atomic E-state index is 12.6. The first-order chi connectivity index (χ1) is 9.34. The van der Waals surface area contributed by atoms with E-state index in [1.54, 1.807) is 0 Å². The molecule has 0 radical (unpaired) electrons. The molecular formula is C14H14F3N3. The molecule has 0 aliphatic heterocycles. The monoisotopic (exact) mass is 281 g/mol. The van der Waals surface area contributed by atoms with Crippen molar-refractivity contribution in [3.8, 4) is 0 Å². The van der Waals surface area contributed by atoms with Gasteiger partial charge in [-0.15, -0.1) is 0 Å². The third kappa shape index (κ3) is 3.63. The van der Waals surface area contributed by atoms with Gasteiger partial charge in [0, 0.05) is 6.54 Å². The van der Waals surface area contributed by atoms with E-state index in [1.165, 1.54) is 0 Å². The first kappa shape index (κ1) is 14.2. The van der Waals surface area contributed by atoms with Crippen LogP contribution >= 0.6 is 0 Å². The fourth-order valence-electron chi connectivity index (χ4n) is 1.70. The van der Waals surface area contributed by atoms with E-state index in [9.17, 15) is 13.2 Å². The predicted octanol–water partition coefficient (Wildman–Crippen LogP) is 3.60. The molecule has 1 aromatic carbocycles. The van der Waals surface area contributed by atoms with Crippen LogP contribution in [0.4, 0.5) is 24.8 Å². The summed E-state index contributed by atoms with van der Waals surface area (Å²) in [7, 11) is 0. The van der Waals surface area contributed by atoms with Gasteiger partial charge in [-0.2, -0.15) is 13.2 Å². The quantitative estimate of drug-likeness (QED) is 0.903. The lowest BCUT2D eigenvalue weighted by atomic mass is 10.1. The Hall–Kier alpha value is -2.24. The molecule has 0 saturated carbocycles. The van der Waals surface area contributed by atoms with E-state index in [2.05, 4.69) is 10.3 Å². The first-order valence-electron chi connectivity index (χ1n) is 5.99. The highest BCUT2D eigenvalue weighted by atomic mass is 19.4. The van der Waals surface area contributed by atoms with E-state index in [4.69, 9.17) is 5.73 Å².